The molecule has 1 fully saturated rings. The number of carboxylic acid groups (broad SMARTS) is 1. The van der Waals surface area contributed by atoms with Gasteiger partial charge < -0.3 is 15.2 Å². The number of carboxylic acids is 1. The lowest BCUT2D eigenvalue weighted by Gasteiger charge is -2.13. The number of rotatable bonds is 7. The summed E-state index contributed by atoms with van der Waals surface area (Å²) in [6.45, 7) is 2.67. The highest BCUT2D eigenvalue weighted by Crippen LogP contribution is 2.38. The van der Waals surface area contributed by atoms with Gasteiger partial charge in [-0.05, 0) is 36.5 Å². The fraction of sp³-hybridized carbons (Fsp3) is 0.500. The average molecular weight is 291 g/mol. The van der Waals surface area contributed by atoms with Crippen molar-refractivity contribution in [2.75, 3.05) is 13.7 Å². The Labute approximate surface area is 124 Å². The SMILES string of the molecule is COc1ccc([C@H](C)CCNC(=O)[C@H]2C[C@@H]2C(=O)O)cc1. The summed E-state index contributed by atoms with van der Waals surface area (Å²) in [5.41, 5.74) is 1.19. The van der Waals surface area contributed by atoms with Crippen LogP contribution in [0.25, 0.3) is 0 Å². The van der Waals surface area contributed by atoms with Gasteiger partial charge in [0.05, 0.1) is 18.9 Å². The Bertz CT molecular complexity index is 512. The van der Waals surface area contributed by atoms with Gasteiger partial charge in [0.15, 0.2) is 0 Å². The van der Waals surface area contributed by atoms with E-state index in [9.17, 15) is 9.59 Å². The molecule has 1 amide bonds. The van der Waals surface area contributed by atoms with E-state index in [1.807, 2.05) is 24.3 Å². The number of benzene rings is 1. The molecule has 5 heteroatoms. The largest absolute Gasteiger partial charge is 0.497 e. The quantitative estimate of drug-likeness (QED) is 0.806. The Morgan fingerprint density at radius 3 is 2.52 bits per heavy atom. The monoisotopic (exact) mass is 291 g/mol. The van der Waals surface area contributed by atoms with Crippen molar-refractivity contribution in [3.8, 4) is 5.75 Å². The summed E-state index contributed by atoms with van der Waals surface area (Å²) in [7, 11) is 1.64. The highest BCUT2D eigenvalue weighted by molar-refractivity contribution is 5.89. The zero-order valence-corrected chi connectivity index (χ0v) is 12.3. The second kappa shape index (κ2) is 6.61. The molecular formula is C16H21NO4. The van der Waals surface area contributed by atoms with Crippen LogP contribution in [0.5, 0.6) is 5.75 Å². The number of aliphatic carboxylic acids is 1. The minimum atomic E-state index is -0.873. The topological polar surface area (TPSA) is 75.6 Å². The number of amides is 1. The maximum atomic E-state index is 11.7. The molecule has 0 unspecified atom stereocenters. The Hall–Kier alpha value is -2.04. The Balaban J connectivity index is 1.73. The molecule has 0 spiro atoms. The van der Waals surface area contributed by atoms with Crippen molar-refractivity contribution < 1.29 is 19.4 Å². The summed E-state index contributed by atoms with van der Waals surface area (Å²) >= 11 is 0. The molecule has 114 valence electrons. The van der Waals surface area contributed by atoms with Gasteiger partial charge in [-0.1, -0.05) is 19.1 Å². The summed E-state index contributed by atoms with van der Waals surface area (Å²) in [4.78, 5) is 22.4. The lowest BCUT2D eigenvalue weighted by Crippen LogP contribution is -2.28. The molecule has 0 aliphatic heterocycles. The summed E-state index contributed by atoms with van der Waals surface area (Å²) in [6, 6.07) is 7.89. The molecule has 1 aromatic rings. The highest BCUT2D eigenvalue weighted by Gasteiger charge is 2.48. The van der Waals surface area contributed by atoms with Gasteiger partial charge in [0, 0.05) is 6.54 Å². The summed E-state index contributed by atoms with van der Waals surface area (Å²) in [5, 5.41) is 11.6. The van der Waals surface area contributed by atoms with E-state index >= 15 is 0 Å². The zero-order chi connectivity index (χ0) is 15.4. The van der Waals surface area contributed by atoms with E-state index in [1.165, 1.54) is 5.56 Å². The van der Waals surface area contributed by atoms with Crippen LogP contribution in [-0.2, 0) is 9.59 Å². The number of hydrogen-bond donors (Lipinski definition) is 2. The first-order valence-corrected chi connectivity index (χ1v) is 7.17. The first-order valence-electron chi connectivity index (χ1n) is 7.17. The van der Waals surface area contributed by atoms with Crippen molar-refractivity contribution >= 4 is 11.9 Å². The predicted octanol–water partition coefficient (Wildman–Crippen LogP) is 2.03. The minimum Gasteiger partial charge on any atom is -0.497 e. The van der Waals surface area contributed by atoms with Gasteiger partial charge in [-0.3, -0.25) is 9.59 Å². The number of hydrogen-bond acceptors (Lipinski definition) is 3. The zero-order valence-electron chi connectivity index (χ0n) is 12.3. The number of carbonyl (C=O) groups is 2. The van der Waals surface area contributed by atoms with Crippen LogP contribution in [0.15, 0.2) is 24.3 Å². The molecule has 1 aliphatic carbocycles. The Kier molecular flexibility index (Phi) is 4.83. The van der Waals surface area contributed by atoms with Crippen LogP contribution in [-0.4, -0.2) is 30.6 Å². The normalized spacial score (nSPS) is 21.4. The van der Waals surface area contributed by atoms with Gasteiger partial charge in [-0.2, -0.15) is 0 Å². The fourth-order valence-electron chi connectivity index (χ4n) is 2.40. The number of ether oxygens (including phenoxy) is 1. The fourth-order valence-corrected chi connectivity index (χ4v) is 2.40. The first kappa shape index (κ1) is 15.4. The van der Waals surface area contributed by atoms with E-state index in [-0.39, 0.29) is 11.8 Å². The van der Waals surface area contributed by atoms with Crippen molar-refractivity contribution in [1.82, 2.24) is 5.32 Å². The third-order valence-corrected chi connectivity index (χ3v) is 4.01. The third kappa shape index (κ3) is 3.97. The molecule has 1 aliphatic rings. The first-order chi connectivity index (χ1) is 10.0. The van der Waals surface area contributed by atoms with E-state index < -0.39 is 11.9 Å². The van der Waals surface area contributed by atoms with Crippen LogP contribution in [0, 0.1) is 11.8 Å². The van der Waals surface area contributed by atoms with Gasteiger partial charge in [0.25, 0.3) is 0 Å². The van der Waals surface area contributed by atoms with Gasteiger partial charge in [0.2, 0.25) is 5.91 Å². The Morgan fingerprint density at radius 2 is 2.00 bits per heavy atom. The second-order valence-corrected chi connectivity index (χ2v) is 5.54. The van der Waals surface area contributed by atoms with Gasteiger partial charge in [-0.15, -0.1) is 0 Å². The second-order valence-electron chi connectivity index (χ2n) is 5.54. The van der Waals surface area contributed by atoms with Crippen LogP contribution in [0.1, 0.15) is 31.2 Å². The number of nitrogens with one attached hydrogen (secondary N) is 1. The van der Waals surface area contributed by atoms with Crippen LogP contribution >= 0.6 is 0 Å². The maximum Gasteiger partial charge on any atom is 0.307 e. The van der Waals surface area contributed by atoms with Crippen molar-refractivity contribution in [3.05, 3.63) is 29.8 Å². The Morgan fingerprint density at radius 1 is 1.33 bits per heavy atom. The molecule has 1 aromatic carbocycles. The molecule has 0 saturated heterocycles. The highest BCUT2D eigenvalue weighted by atomic mass is 16.5. The van der Waals surface area contributed by atoms with Crippen LogP contribution < -0.4 is 10.1 Å². The maximum absolute atomic E-state index is 11.7. The lowest BCUT2D eigenvalue weighted by atomic mass is 9.98. The molecule has 0 bridgehead atoms. The minimum absolute atomic E-state index is 0.135. The predicted molar refractivity (Wildman–Crippen MR) is 78.3 cm³/mol. The van der Waals surface area contributed by atoms with E-state index in [2.05, 4.69) is 12.2 Å². The van der Waals surface area contributed by atoms with Crippen molar-refractivity contribution in [3.63, 3.8) is 0 Å². The van der Waals surface area contributed by atoms with Gasteiger partial charge in [-0.25, -0.2) is 0 Å². The van der Waals surface area contributed by atoms with E-state index in [0.717, 1.165) is 12.2 Å². The number of methoxy groups -OCH3 is 1. The van der Waals surface area contributed by atoms with Crippen LogP contribution in [0.2, 0.25) is 0 Å². The molecule has 2 rings (SSSR count). The molecule has 0 radical (unpaired) electrons. The molecule has 2 N–H and O–H groups in total. The molecule has 3 atom stereocenters. The van der Waals surface area contributed by atoms with E-state index in [4.69, 9.17) is 9.84 Å². The molecule has 5 nitrogen and oxygen atoms in total. The molecule has 0 aromatic heterocycles. The lowest BCUT2D eigenvalue weighted by molar-refractivity contribution is -0.140. The van der Waals surface area contributed by atoms with Crippen molar-refractivity contribution in [2.24, 2.45) is 11.8 Å². The molecule has 0 heterocycles. The van der Waals surface area contributed by atoms with Gasteiger partial charge >= 0.3 is 5.97 Å². The standard InChI is InChI=1S/C16H21NO4/c1-10(11-3-5-12(21-2)6-4-11)7-8-17-15(18)13-9-14(13)16(19)20/h3-6,10,13-14H,7-9H2,1-2H3,(H,17,18)(H,19,20)/t10-,13+,14+/m1/s1. The van der Waals surface area contributed by atoms with Gasteiger partial charge in [0.1, 0.15) is 5.75 Å². The summed E-state index contributed by atoms with van der Waals surface area (Å²) < 4.78 is 5.12. The van der Waals surface area contributed by atoms with E-state index in [0.29, 0.717) is 18.9 Å². The summed E-state index contributed by atoms with van der Waals surface area (Å²) in [5.74, 6) is -0.674. The van der Waals surface area contributed by atoms with Crippen LogP contribution in [0.4, 0.5) is 0 Å². The van der Waals surface area contributed by atoms with Crippen molar-refractivity contribution in [2.45, 2.75) is 25.7 Å². The average Bonchev–Trinajstić information content (AvgIpc) is 3.28. The van der Waals surface area contributed by atoms with E-state index in [1.54, 1.807) is 7.11 Å². The summed E-state index contributed by atoms with van der Waals surface area (Å²) in [6.07, 6.45) is 1.29. The van der Waals surface area contributed by atoms with Crippen molar-refractivity contribution in [1.29, 1.82) is 0 Å². The van der Waals surface area contributed by atoms with Crippen LogP contribution in [0.3, 0.4) is 0 Å². The number of carbonyl (C=O) groups excluding carboxylic acids is 1. The third-order valence-electron chi connectivity index (χ3n) is 4.01. The smallest absolute Gasteiger partial charge is 0.307 e. The molecular weight excluding hydrogens is 270 g/mol. The molecule has 1 saturated carbocycles. The molecule has 21 heavy (non-hydrogen) atoms.